The van der Waals surface area contributed by atoms with Crippen LogP contribution in [0.1, 0.15) is 13.3 Å². The number of benzene rings is 2. The summed E-state index contributed by atoms with van der Waals surface area (Å²) < 4.78 is 39.6. The van der Waals surface area contributed by atoms with Gasteiger partial charge in [-0.2, -0.15) is 0 Å². The van der Waals surface area contributed by atoms with Crippen LogP contribution in [0.3, 0.4) is 0 Å². The highest BCUT2D eigenvalue weighted by atomic mass is 32.2. The molecule has 0 aliphatic carbocycles. The van der Waals surface area contributed by atoms with Crippen molar-refractivity contribution in [3.8, 4) is 0 Å². The highest BCUT2D eigenvalue weighted by Gasteiger charge is 2.26. The van der Waals surface area contributed by atoms with E-state index in [-0.39, 0.29) is 15.7 Å². The Bertz CT molecular complexity index is 993. The summed E-state index contributed by atoms with van der Waals surface area (Å²) in [6, 6.07) is 9.77. The molecule has 0 bridgehead atoms. The molecule has 156 valence electrons. The third-order valence-corrected chi connectivity index (χ3v) is 7.09. The van der Waals surface area contributed by atoms with Gasteiger partial charge in [0.15, 0.2) is 0 Å². The van der Waals surface area contributed by atoms with E-state index in [9.17, 15) is 17.6 Å². The number of hydrogen-bond donors (Lipinski definition) is 0. The minimum Gasteiger partial charge on any atom is -0.370 e. The molecule has 0 radical (unpaired) electrons. The van der Waals surface area contributed by atoms with Crippen molar-refractivity contribution >= 4 is 27.1 Å². The zero-order chi connectivity index (χ0) is 21.2. The SMILES string of the molecule is CC(=O)N(C)c1cc(N2CCCN(C)CC2)ccc1S(=O)(=O)c1ccc(F)cc1. The highest BCUT2D eigenvalue weighted by Crippen LogP contribution is 2.34. The lowest BCUT2D eigenvalue weighted by Gasteiger charge is -2.26. The molecule has 0 N–H and O–H groups in total. The van der Waals surface area contributed by atoms with Crippen LogP contribution in [0.15, 0.2) is 52.3 Å². The molecule has 3 rings (SSSR count). The predicted octanol–water partition coefficient (Wildman–Crippen LogP) is 2.78. The van der Waals surface area contributed by atoms with Crippen LogP contribution < -0.4 is 9.80 Å². The average Bonchev–Trinajstić information content (AvgIpc) is 2.91. The first-order valence-electron chi connectivity index (χ1n) is 9.52. The van der Waals surface area contributed by atoms with Crippen LogP contribution in [0.2, 0.25) is 0 Å². The molecule has 1 amide bonds. The van der Waals surface area contributed by atoms with Gasteiger partial charge in [-0.25, -0.2) is 12.8 Å². The van der Waals surface area contributed by atoms with Gasteiger partial charge in [0, 0.05) is 39.3 Å². The first-order chi connectivity index (χ1) is 13.7. The van der Waals surface area contributed by atoms with E-state index in [1.165, 1.54) is 30.0 Å². The molecule has 0 saturated carbocycles. The van der Waals surface area contributed by atoms with E-state index >= 15 is 0 Å². The second kappa shape index (κ2) is 8.51. The Morgan fingerprint density at radius 2 is 1.72 bits per heavy atom. The Morgan fingerprint density at radius 3 is 2.38 bits per heavy atom. The fraction of sp³-hybridized carbons (Fsp3) is 0.381. The van der Waals surface area contributed by atoms with Gasteiger partial charge in [-0.05, 0) is 62.5 Å². The molecule has 1 fully saturated rings. The second-order valence-corrected chi connectivity index (χ2v) is 9.25. The van der Waals surface area contributed by atoms with Gasteiger partial charge in [0.05, 0.1) is 15.5 Å². The van der Waals surface area contributed by atoms with Crippen LogP contribution >= 0.6 is 0 Å². The minimum atomic E-state index is -3.92. The summed E-state index contributed by atoms with van der Waals surface area (Å²) in [6.07, 6.45) is 1.00. The maximum Gasteiger partial charge on any atom is 0.223 e. The first kappa shape index (κ1) is 21.3. The highest BCUT2D eigenvalue weighted by molar-refractivity contribution is 7.91. The average molecular weight is 420 g/mol. The summed E-state index contributed by atoms with van der Waals surface area (Å²) in [7, 11) is -0.279. The van der Waals surface area contributed by atoms with E-state index in [0.717, 1.165) is 50.4 Å². The number of sulfone groups is 1. The molecule has 29 heavy (non-hydrogen) atoms. The third-order valence-electron chi connectivity index (χ3n) is 5.27. The van der Waals surface area contributed by atoms with Crippen LogP contribution in [0.25, 0.3) is 0 Å². The van der Waals surface area contributed by atoms with E-state index in [1.54, 1.807) is 19.2 Å². The van der Waals surface area contributed by atoms with Gasteiger partial charge in [-0.3, -0.25) is 4.79 Å². The lowest BCUT2D eigenvalue weighted by atomic mass is 10.2. The van der Waals surface area contributed by atoms with E-state index in [4.69, 9.17) is 0 Å². The fourth-order valence-electron chi connectivity index (χ4n) is 3.41. The zero-order valence-electron chi connectivity index (χ0n) is 16.9. The van der Waals surface area contributed by atoms with Gasteiger partial charge in [-0.1, -0.05) is 0 Å². The summed E-state index contributed by atoms with van der Waals surface area (Å²) in [6.45, 7) is 4.99. The van der Waals surface area contributed by atoms with E-state index in [1.807, 2.05) is 0 Å². The molecular formula is C21H26FN3O3S. The Kier molecular flexibility index (Phi) is 6.24. The van der Waals surface area contributed by atoms with Gasteiger partial charge in [0.1, 0.15) is 5.82 Å². The molecule has 1 saturated heterocycles. The number of halogens is 1. The van der Waals surface area contributed by atoms with Crippen LogP contribution in [-0.4, -0.2) is 59.5 Å². The van der Waals surface area contributed by atoms with Gasteiger partial charge < -0.3 is 14.7 Å². The topological polar surface area (TPSA) is 60.9 Å². The van der Waals surface area contributed by atoms with Crippen molar-refractivity contribution in [1.82, 2.24) is 4.90 Å². The molecule has 2 aromatic carbocycles. The van der Waals surface area contributed by atoms with Crippen LogP contribution in [0, 0.1) is 5.82 Å². The molecule has 0 aromatic heterocycles. The number of rotatable bonds is 4. The lowest BCUT2D eigenvalue weighted by molar-refractivity contribution is -0.116. The summed E-state index contributed by atoms with van der Waals surface area (Å²) >= 11 is 0. The Balaban J connectivity index is 2.07. The van der Waals surface area contributed by atoms with E-state index in [0.29, 0.717) is 5.69 Å². The number of amides is 1. The molecule has 1 aliphatic rings. The largest absolute Gasteiger partial charge is 0.370 e. The maximum absolute atomic E-state index is 13.3. The maximum atomic E-state index is 13.3. The van der Waals surface area contributed by atoms with E-state index < -0.39 is 15.7 Å². The van der Waals surface area contributed by atoms with Crippen molar-refractivity contribution in [3.05, 3.63) is 48.3 Å². The standard InChI is InChI=1S/C21H26FN3O3S/c1-16(26)24(3)20-15-18(25-12-4-11-23(2)13-14-25)7-10-21(20)29(27,28)19-8-5-17(22)6-9-19/h5-10,15H,4,11-14H2,1-3H3. The van der Waals surface area contributed by atoms with Crippen molar-refractivity contribution in [1.29, 1.82) is 0 Å². The van der Waals surface area contributed by atoms with Crippen molar-refractivity contribution < 1.29 is 17.6 Å². The van der Waals surface area contributed by atoms with Gasteiger partial charge in [-0.15, -0.1) is 0 Å². The quantitative estimate of drug-likeness (QED) is 0.714. The molecular weight excluding hydrogens is 393 g/mol. The van der Waals surface area contributed by atoms with Crippen molar-refractivity contribution in [2.24, 2.45) is 0 Å². The summed E-state index contributed by atoms with van der Waals surface area (Å²) in [5.41, 5.74) is 1.19. The van der Waals surface area contributed by atoms with Crippen molar-refractivity contribution in [3.63, 3.8) is 0 Å². The lowest BCUT2D eigenvalue weighted by Crippen LogP contribution is -2.30. The number of hydrogen-bond acceptors (Lipinski definition) is 5. The Hall–Kier alpha value is -2.45. The number of anilines is 2. The first-order valence-corrected chi connectivity index (χ1v) is 11.0. The van der Waals surface area contributed by atoms with Gasteiger partial charge >= 0.3 is 0 Å². The van der Waals surface area contributed by atoms with Gasteiger partial charge in [0.25, 0.3) is 0 Å². The van der Waals surface area contributed by atoms with Crippen molar-refractivity contribution in [2.75, 3.05) is 50.1 Å². The van der Waals surface area contributed by atoms with Gasteiger partial charge in [0.2, 0.25) is 15.7 Å². The summed E-state index contributed by atoms with van der Waals surface area (Å²) in [5, 5.41) is 0. The Morgan fingerprint density at radius 1 is 1.03 bits per heavy atom. The van der Waals surface area contributed by atoms with E-state index in [2.05, 4.69) is 16.8 Å². The molecule has 6 nitrogen and oxygen atoms in total. The normalized spacial score (nSPS) is 15.8. The molecule has 0 atom stereocenters. The summed E-state index contributed by atoms with van der Waals surface area (Å²) in [4.78, 5) is 17.9. The third kappa shape index (κ3) is 4.59. The number of likely N-dealkylation sites (N-methyl/N-ethyl adjacent to an activating group) is 1. The molecule has 0 unspecified atom stereocenters. The minimum absolute atomic E-state index is 0.0127. The summed E-state index contributed by atoms with van der Waals surface area (Å²) in [5.74, 6) is -0.778. The Labute approximate surface area is 171 Å². The smallest absolute Gasteiger partial charge is 0.223 e. The van der Waals surface area contributed by atoms with Crippen molar-refractivity contribution in [2.45, 2.75) is 23.1 Å². The number of carbonyl (C=O) groups is 1. The monoisotopic (exact) mass is 419 g/mol. The van der Waals surface area contributed by atoms with Crippen LogP contribution in [0.4, 0.5) is 15.8 Å². The number of carbonyl (C=O) groups excluding carboxylic acids is 1. The van der Waals surface area contributed by atoms with Crippen LogP contribution in [-0.2, 0) is 14.6 Å². The fourth-order valence-corrected chi connectivity index (χ4v) is 4.87. The molecule has 8 heteroatoms. The second-order valence-electron chi connectivity index (χ2n) is 7.33. The molecule has 1 aliphatic heterocycles. The predicted molar refractivity (Wildman–Crippen MR) is 112 cm³/mol. The molecule has 0 spiro atoms. The van der Waals surface area contributed by atoms with Crippen LogP contribution in [0.5, 0.6) is 0 Å². The number of nitrogens with zero attached hydrogens (tertiary/aromatic N) is 3. The zero-order valence-corrected chi connectivity index (χ0v) is 17.7. The molecule has 2 aromatic rings. The molecule has 1 heterocycles.